The van der Waals surface area contributed by atoms with Crippen molar-refractivity contribution in [1.82, 2.24) is 9.88 Å². The molecule has 0 N–H and O–H groups in total. The number of hydrogen-bond acceptors (Lipinski definition) is 6. The first-order chi connectivity index (χ1) is 18.4. The van der Waals surface area contributed by atoms with Gasteiger partial charge in [-0.25, -0.2) is 14.2 Å². The summed E-state index contributed by atoms with van der Waals surface area (Å²) in [7, 11) is 0. The lowest BCUT2D eigenvalue weighted by Crippen LogP contribution is -2.60. The normalized spacial score (nSPS) is 23.9. The summed E-state index contributed by atoms with van der Waals surface area (Å²) < 4.78 is 21.0. The Labute approximate surface area is 228 Å². The minimum absolute atomic E-state index is 0.0829. The summed E-state index contributed by atoms with van der Waals surface area (Å²) in [6, 6.07) is 6.86. The third kappa shape index (κ3) is 3.92. The van der Waals surface area contributed by atoms with Crippen LogP contribution in [0.1, 0.15) is 80.6 Å². The van der Waals surface area contributed by atoms with Crippen LogP contribution in [0.2, 0.25) is 0 Å². The van der Waals surface area contributed by atoms with Gasteiger partial charge in [-0.15, -0.1) is 0 Å². The predicted molar refractivity (Wildman–Crippen MR) is 145 cm³/mol. The van der Waals surface area contributed by atoms with Crippen LogP contribution in [0.15, 0.2) is 18.2 Å². The third-order valence-corrected chi connectivity index (χ3v) is 9.54. The van der Waals surface area contributed by atoms with Crippen molar-refractivity contribution < 1.29 is 18.7 Å². The first-order valence-electron chi connectivity index (χ1n) is 13.8. The van der Waals surface area contributed by atoms with Gasteiger partial charge in [-0.05, 0) is 63.0 Å². The number of aromatic nitrogens is 1. The molecule has 3 fully saturated rings. The van der Waals surface area contributed by atoms with Gasteiger partial charge in [0.2, 0.25) is 0 Å². The van der Waals surface area contributed by atoms with E-state index in [1.165, 1.54) is 12.1 Å². The van der Waals surface area contributed by atoms with Crippen LogP contribution in [0.5, 0.6) is 0 Å². The Hall–Kier alpha value is -3.47. The van der Waals surface area contributed by atoms with Crippen LogP contribution in [0, 0.1) is 33.9 Å². The van der Waals surface area contributed by atoms with E-state index in [2.05, 4.69) is 24.8 Å². The number of anilines is 1. The summed E-state index contributed by atoms with van der Waals surface area (Å²) in [6.07, 6.45) is 2.98. The Morgan fingerprint density at radius 1 is 1.23 bits per heavy atom. The Balaban J connectivity index is 1.41. The molecule has 204 valence electrons. The van der Waals surface area contributed by atoms with E-state index in [4.69, 9.17) is 9.72 Å². The zero-order chi connectivity index (χ0) is 27.9. The number of carbonyl (C=O) groups is 2. The average molecular weight is 531 g/mol. The molecule has 1 aromatic carbocycles. The fourth-order valence-corrected chi connectivity index (χ4v) is 7.30. The molecule has 0 radical (unpaired) electrons. The van der Waals surface area contributed by atoms with Gasteiger partial charge >= 0.3 is 6.09 Å². The van der Waals surface area contributed by atoms with Crippen LogP contribution in [0.3, 0.4) is 0 Å². The number of amides is 1. The van der Waals surface area contributed by atoms with E-state index in [1.54, 1.807) is 11.0 Å². The zero-order valence-corrected chi connectivity index (χ0v) is 23.3. The molecular formula is C31H35FN4O3. The van der Waals surface area contributed by atoms with E-state index < -0.39 is 11.4 Å². The van der Waals surface area contributed by atoms with E-state index in [-0.39, 0.29) is 34.0 Å². The highest BCUT2D eigenvalue weighted by atomic mass is 19.1. The van der Waals surface area contributed by atoms with Gasteiger partial charge in [0.15, 0.2) is 6.29 Å². The van der Waals surface area contributed by atoms with Crippen molar-refractivity contribution in [1.29, 1.82) is 5.26 Å². The van der Waals surface area contributed by atoms with Crippen molar-refractivity contribution in [3.63, 3.8) is 0 Å². The number of nitriles is 1. The summed E-state index contributed by atoms with van der Waals surface area (Å²) in [6.45, 7) is 12.6. The standard InChI is InChI=1S/C31H35FN4O3/c1-29(2,3)39-28(38)36-16-31(17-36)9-10-35(15-31)27-21(13-33)25(24-18(14-37)7-6-8-23(24)32)20-11-19-12-22(26(20)34-27)30(19,4)5/h6-8,14,19,22H,9-12,15-17H2,1-5H3/t19-,22-/m0/s1. The number of carbonyl (C=O) groups excluding carboxylic acids is 2. The minimum atomic E-state index is -0.548. The van der Waals surface area contributed by atoms with E-state index in [0.29, 0.717) is 55.3 Å². The van der Waals surface area contributed by atoms with Crippen LogP contribution >= 0.6 is 0 Å². The van der Waals surface area contributed by atoms with Gasteiger partial charge < -0.3 is 14.5 Å². The van der Waals surface area contributed by atoms with Crippen molar-refractivity contribution >= 4 is 18.2 Å². The zero-order valence-electron chi connectivity index (χ0n) is 23.3. The lowest BCUT2D eigenvalue weighted by molar-refractivity contribution is -0.0266. The highest BCUT2D eigenvalue weighted by Gasteiger charge is 2.55. The van der Waals surface area contributed by atoms with Crippen LogP contribution in [0.25, 0.3) is 11.1 Å². The van der Waals surface area contributed by atoms with Crippen molar-refractivity contribution in [2.75, 3.05) is 31.1 Å². The Morgan fingerprint density at radius 2 is 1.97 bits per heavy atom. The van der Waals surface area contributed by atoms with Gasteiger partial charge in [-0.1, -0.05) is 26.0 Å². The van der Waals surface area contributed by atoms with E-state index >= 15 is 4.39 Å². The molecule has 1 amide bonds. The molecule has 39 heavy (non-hydrogen) atoms. The third-order valence-electron chi connectivity index (χ3n) is 9.54. The van der Waals surface area contributed by atoms with Crippen molar-refractivity contribution in [3.05, 3.63) is 46.4 Å². The second kappa shape index (κ2) is 8.51. The molecule has 2 aromatic rings. The first-order valence-corrected chi connectivity index (χ1v) is 13.8. The van der Waals surface area contributed by atoms with Gasteiger partial charge in [-0.2, -0.15) is 5.26 Å². The number of pyridine rings is 1. The fourth-order valence-electron chi connectivity index (χ4n) is 7.30. The predicted octanol–water partition coefficient (Wildman–Crippen LogP) is 5.70. The second-order valence-electron chi connectivity index (χ2n) is 13.5. The lowest BCUT2D eigenvalue weighted by Gasteiger charge is -2.57. The lowest BCUT2D eigenvalue weighted by atomic mass is 9.48. The van der Waals surface area contributed by atoms with E-state index in [0.717, 1.165) is 30.5 Å². The van der Waals surface area contributed by atoms with Gasteiger partial charge in [0.05, 0.1) is 5.69 Å². The maximum Gasteiger partial charge on any atom is 0.410 e. The number of nitrogens with zero attached hydrogens (tertiary/aromatic N) is 4. The molecule has 5 aliphatic rings. The molecule has 3 heterocycles. The Morgan fingerprint density at radius 3 is 2.62 bits per heavy atom. The van der Waals surface area contributed by atoms with Gasteiger partial charge in [0, 0.05) is 54.2 Å². The fraction of sp³-hybridized carbons (Fsp3) is 0.548. The SMILES string of the molecule is CC(C)(C)OC(=O)N1CC2(CCN(c3nc4c(c(-c5c(F)cccc5C=O)c3C#N)C[C@H]3C[C@@H]4C3(C)C)C2)C1. The van der Waals surface area contributed by atoms with Crippen LogP contribution in [0.4, 0.5) is 15.0 Å². The Kier molecular flexibility index (Phi) is 5.63. The molecule has 2 aliphatic heterocycles. The van der Waals surface area contributed by atoms with Gasteiger partial charge in [-0.3, -0.25) is 4.79 Å². The van der Waals surface area contributed by atoms with Crippen molar-refractivity contribution in [3.8, 4) is 17.2 Å². The molecule has 3 aliphatic carbocycles. The maximum atomic E-state index is 15.4. The Bertz CT molecular complexity index is 1430. The molecule has 2 atom stereocenters. The summed E-state index contributed by atoms with van der Waals surface area (Å²) in [5.74, 6) is 0.730. The molecule has 0 unspecified atom stereocenters. The minimum Gasteiger partial charge on any atom is -0.444 e. The van der Waals surface area contributed by atoms with E-state index in [9.17, 15) is 14.9 Å². The summed E-state index contributed by atoms with van der Waals surface area (Å²) in [5, 5.41) is 10.5. The highest BCUT2D eigenvalue weighted by Crippen LogP contribution is 2.63. The summed E-state index contributed by atoms with van der Waals surface area (Å²) in [4.78, 5) is 33.6. The molecule has 1 spiro atoms. The number of halogens is 1. The number of rotatable bonds is 3. The number of ether oxygens (including phenoxy) is 1. The summed E-state index contributed by atoms with van der Waals surface area (Å²) >= 11 is 0. The van der Waals surface area contributed by atoms with Crippen molar-refractivity contribution in [2.45, 2.75) is 65.4 Å². The molecule has 8 heteroatoms. The molecule has 7 nitrogen and oxygen atoms in total. The number of likely N-dealkylation sites (tertiary alicyclic amines) is 1. The molecular weight excluding hydrogens is 495 g/mol. The van der Waals surface area contributed by atoms with Crippen LogP contribution in [-0.2, 0) is 11.2 Å². The van der Waals surface area contributed by atoms with E-state index in [1.807, 2.05) is 20.8 Å². The van der Waals surface area contributed by atoms with Crippen LogP contribution < -0.4 is 4.90 Å². The molecule has 1 aromatic heterocycles. The topological polar surface area (TPSA) is 86.5 Å². The maximum absolute atomic E-state index is 15.4. The molecule has 1 saturated carbocycles. The number of aldehydes is 1. The average Bonchev–Trinajstić information content (AvgIpc) is 3.31. The molecule has 2 bridgehead atoms. The molecule has 7 rings (SSSR count). The van der Waals surface area contributed by atoms with Crippen molar-refractivity contribution in [2.24, 2.45) is 16.7 Å². The first kappa shape index (κ1) is 25.8. The smallest absolute Gasteiger partial charge is 0.410 e. The number of hydrogen-bond donors (Lipinski definition) is 0. The summed E-state index contributed by atoms with van der Waals surface area (Å²) in [5.41, 5.74) is 2.62. The highest BCUT2D eigenvalue weighted by molar-refractivity contribution is 5.92. The number of benzene rings is 1. The largest absolute Gasteiger partial charge is 0.444 e. The monoisotopic (exact) mass is 530 g/mol. The van der Waals surface area contributed by atoms with Gasteiger partial charge in [0.1, 0.15) is 28.9 Å². The van der Waals surface area contributed by atoms with Gasteiger partial charge in [0.25, 0.3) is 0 Å². The van der Waals surface area contributed by atoms with Crippen LogP contribution in [-0.4, -0.2) is 54.0 Å². The quantitative estimate of drug-likeness (QED) is 0.473. The second-order valence-corrected chi connectivity index (χ2v) is 13.5. The molecule has 2 saturated heterocycles.